The second-order valence-corrected chi connectivity index (χ2v) is 10.3. The summed E-state index contributed by atoms with van der Waals surface area (Å²) in [5.41, 5.74) is 2.54. The number of hydrogen-bond donors (Lipinski definition) is 2. The summed E-state index contributed by atoms with van der Waals surface area (Å²) in [6, 6.07) is 14.9. The van der Waals surface area contributed by atoms with E-state index in [0.29, 0.717) is 24.3 Å². The zero-order valence-corrected chi connectivity index (χ0v) is 18.3. The molecule has 2 aromatic carbocycles. The van der Waals surface area contributed by atoms with Crippen molar-refractivity contribution in [3.8, 4) is 0 Å². The number of carbonyl (C=O) groups excluding carboxylic acids is 1. The Morgan fingerprint density at radius 2 is 1.58 bits per heavy atom. The molecule has 8 heteroatoms. The van der Waals surface area contributed by atoms with E-state index in [1.165, 1.54) is 18.5 Å². The van der Waals surface area contributed by atoms with Gasteiger partial charge in [0.15, 0.2) is 0 Å². The number of piperidine rings is 1. The molecule has 1 atom stereocenters. The molecule has 7 nitrogen and oxygen atoms in total. The van der Waals surface area contributed by atoms with Gasteiger partial charge in [-0.15, -0.1) is 0 Å². The van der Waals surface area contributed by atoms with Gasteiger partial charge in [0.25, 0.3) is 5.91 Å². The van der Waals surface area contributed by atoms with Crippen LogP contribution < -0.4 is 14.9 Å². The normalized spacial score (nSPS) is 23.3. The van der Waals surface area contributed by atoms with Crippen molar-refractivity contribution in [2.75, 3.05) is 36.4 Å². The number of nitrogens with one attached hydrogen (secondary N) is 2. The summed E-state index contributed by atoms with van der Waals surface area (Å²) in [6.45, 7) is 3.42. The molecule has 0 unspecified atom stereocenters. The first-order chi connectivity index (χ1) is 15.0. The molecule has 2 fully saturated rings. The van der Waals surface area contributed by atoms with Crippen LogP contribution in [-0.2, 0) is 10.0 Å². The standard InChI is InChI=1S/C23H28N4O3S/c28-23(18-7-9-19(10-8-18)26-13-3-4-14-26)27-15-11-17(12-16-27)22-24-20-5-1-2-6-21(20)31(29,30)25-22/h1-2,5-10,17,22,24-25H,3-4,11-16H2/t22-/m1/s1. The number of rotatable bonds is 3. The number of sulfonamides is 1. The summed E-state index contributed by atoms with van der Waals surface area (Å²) in [4.78, 5) is 17.5. The van der Waals surface area contributed by atoms with Gasteiger partial charge in [-0.3, -0.25) is 4.79 Å². The number of amides is 1. The van der Waals surface area contributed by atoms with Crippen LogP contribution in [0.4, 0.5) is 11.4 Å². The Balaban J connectivity index is 1.21. The SMILES string of the molecule is O=C(c1ccc(N2CCCC2)cc1)N1CCC([C@@H]2Nc3ccccc3S(=O)(=O)N2)CC1. The second-order valence-electron chi connectivity index (χ2n) is 8.61. The molecule has 0 saturated carbocycles. The summed E-state index contributed by atoms with van der Waals surface area (Å²) < 4.78 is 28.0. The molecule has 0 aromatic heterocycles. The molecule has 0 bridgehead atoms. The third-order valence-electron chi connectivity index (χ3n) is 6.65. The van der Waals surface area contributed by atoms with E-state index in [2.05, 4.69) is 14.9 Å². The van der Waals surface area contributed by atoms with Gasteiger partial charge in [-0.05, 0) is 68.0 Å². The first kappa shape index (κ1) is 20.3. The Bertz CT molecular complexity index is 1060. The number of carbonyl (C=O) groups is 1. The minimum absolute atomic E-state index is 0.0500. The van der Waals surface area contributed by atoms with E-state index in [0.717, 1.165) is 25.9 Å². The molecule has 31 heavy (non-hydrogen) atoms. The maximum absolute atomic E-state index is 13.0. The van der Waals surface area contributed by atoms with Crippen LogP contribution in [-0.4, -0.2) is 51.6 Å². The molecule has 1 amide bonds. The summed E-state index contributed by atoms with van der Waals surface area (Å²) in [5.74, 6) is 0.179. The molecule has 0 radical (unpaired) electrons. The highest BCUT2D eigenvalue weighted by Crippen LogP contribution is 2.31. The third kappa shape index (κ3) is 4.02. The zero-order valence-electron chi connectivity index (χ0n) is 17.5. The van der Waals surface area contributed by atoms with Gasteiger partial charge in [-0.1, -0.05) is 12.1 Å². The van der Waals surface area contributed by atoms with Gasteiger partial charge < -0.3 is 15.1 Å². The van der Waals surface area contributed by atoms with Crippen LogP contribution >= 0.6 is 0 Å². The zero-order chi connectivity index (χ0) is 21.4. The van der Waals surface area contributed by atoms with Crippen molar-refractivity contribution in [3.05, 3.63) is 54.1 Å². The predicted octanol–water partition coefficient (Wildman–Crippen LogP) is 2.87. The van der Waals surface area contributed by atoms with Crippen molar-refractivity contribution >= 4 is 27.3 Å². The lowest BCUT2D eigenvalue weighted by atomic mass is 9.93. The topological polar surface area (TPSA) is 81.8 Å². The van der Waals surface area contributed by atoms with Crippen molar-refractivity contribution in [1.29, 1.82) is 0 Å². The first-order valence-corrected chi connectivity index (χ1v) is 12.5. The lowest BCUT2D eigenvalue weighted by molar-refractivity contribution is 0.0679. The molecule has 2 N–H and O–H groups in total. The second kappa shape index (κ2) is 8.16. The highest BCUT2D eigenvalue weighted by molar-refractivity contribution is 7.89. The van der Waals surface area contributed by atoms with Gasteiger partial charge in [0, 0.05) is 37.4 Å². The molecule has 2 saturated heterocycles. The Morgan fingerprint density at radius 3 is 2.29 bits per heavy atom. The number of likely N-dealkylation sites (tertiary alicyclic amines) is 1. The molecular formula is C23H28N4O3S. The van der Waals surface area contributed by atoms with E-state index < -0.39 is 10.0 Å². The number of benzene rings is 2. The number of anilines is 2. The van der Waals surface area contributed by atoms with E-state index in [-0.39, 0.29) is 22.9 Å². The highest BCUT2D eigenvalue weighted by Gasteiger charge is 2.35. The molecule has 3 aliphatic rings. The van der Waals surface area contributed by atoms with Gasteiger partial charge in [-0.2, -0.15) is 4.72 Å². The van der Waals surface area contributed by atoms with Crippen LogP contribution in [0.25, 0.3) is 0 Å². The summed E-state index contributed by atoms with van der Waals surface area (Å²) in [6.07, 6.45) is 3.61. The number of hydrogen-bond acceptors (Lipinski definition) is 5. The molecule has 164 valence electrons. The van der Waals surface area contributed by atoms with Crippen LogP contribution in [0.5, 0.6) is 0 Å². The maximum atomic E-state index is 13.0. The minimum Gasteiger partial charge on any atom is -0.372 e. The van der Waals surface area contributed by atoms with E-state index >= 15 is 0 Å². The third-order valence-corrected chi connectivity index (χ3v) is 8.15. The van der Waals surface area contributed by atoms with E-state index in [1.807, 2.05) is 35.2 Å². The van der Waals surface area contributed by atoms with Gasteiger partial charge in [0.05, 0.1) is 11.9 Å². The van der Waals surface area contributed by atoms with Crippen molar-refractivity contribution in [2.45, 2.75) is 36.7 Å². The van der Waals surface area contributed by atoms with Crippen molar-refractivity contribution in [2.24, 2.45) is 5.92 Å². The fourth-order valence-electron chi connectivity index (χ4n) is 4.87. The van der Waals surface area contributed by atoms with Crippen LogP contribution in [0.3, 0.4) is 0 Å². The van der Waals surface area contributed by atoms with Crippen LogP contribution in [0.15, 0.2) is 53.4 Å². The smallest absolute Gasteiger partial charge is 0.253 e. The molecule has 5 rings (SSSR count). The van der Waals surface area contributed by atoms with Crippen molar-refractivity contribution in [1.82, 2.24) is 9.62 Å². The highest BCUT2D eigenvalue weighted by atomic mass is 32.2. The average Bonchev–Trinajstić information content (AvgIpc) is 3.33. The molecule has 0 aliphatic carbocycles. The fourth-order valence-corrected chi connectivity index (χ4v) is 6.26. The van der Waals surface area contributed by atoms with Crippen molar-refractivity contribution in [3.63, 3.8) is 0 Å². The quantitative estimate of drug-likeness (QED) is 0.767. The number of nitrogens with zero attached hydrogens (tertiary/aromatic N) is 2. The molecule has 3 aliphatic heterocycles. The maximum Gasteiger partial charge on any atom is 0.253 e. The molecule has 0 spiro atoms. The average molecular weight is 441 g/mol. The van der Waals surface area contributed by atoms with Crippen LogP contribution in [0.2, 0.25) is 0 Å². The van der Waals surface area contributed by atoms with Crippen molar-refractivity contribution < 1.29 is 13.2 Å². The van der Waals surface area contributed by atoms with E-state index in [9.17, 15) is 13.2 Å². The Morgan fingerprint density at radius 1 is 0.903 bits per heavy atom. The van der Waals surface area contributed by atoms with Crippen LogP contribution in [0.1, 0.15) is 36.0 Å². The molecular weight excluding hydrogens is 412 g/mol. The van der Waals surface area contributed by atoms with Gasteiger partial charge in [0.1, 0.15) is 4.90 Å². The van der Waals surface area contributed by atoms with Gasteiger partial charge in [-0.25, -0.2) is 8.42 Å². The lowest BCUT2D eigenvalue weighted by Crippen LogP contribution is -2.52. The van der Waals surface area contributed by atoms with E-state index in [1.54, 1.807) is 18.2 Å². The predicted molar refractivity (Wildman–Crippen MR) is 121 cm³/mol. The minimum atomic E-state index is -3.52. The monoisotopic (exact) mass is 440 g/mol. The first-order valence-electron chi connectivity index (χ1n) is 11.0. The molecule has 2 aromatic rings. The Hall–Kier alpha value is -2.58. The lowest BCUT2D eigenvalue weighted by Gasteiger charge is -2.39. The van der Waals surface area contributed by atoms with Crippen LogP contribution in [0, 0.1) is 5.92 Å². The fraction of sp³-hybridized carbons (Fsp3) is 0.435. The van der Waals surface area contributed by atoms with E-state index in [4.69, 9.17) is 0 Å². The molecule has 3 heterocycles. The van der Waals surface area contributed by atoms with Gasteiger partial charge in [0.2, 0.25) is 10.0 Å². The summed E-state index contributed by atoms with van der Waals surface area (Å²) in [7, 11) is -3.52. The van der Waals surface area contributed by atoms with Gasteiger partial charge >= 0.3 is 0 Å². The Labute approximate surface area is 183 Å². The summed E-state index contributed by atoms with van der Waals surface area (Å²) in [5, 5.41) is 3.33. The Kier molecular flexibility index (Phi) is 5.35. The number of fused-ring (bicyclic) bond motifs is 1. The number of para-hydroxylation sites is 1. The largest absolute Gasteiger partial charge is 0.372 e. The summed E-state index contributed by atoms with van der Waals surface area (Å²) >= 11 is 0.